The Kier molecular flexibility index (Phi) is 6.16. The highest BCUT2D eigenvalue weighted by Gasteiger charge is 2.21. The molecule has 9 heteroatoms. The van der Waals surface area contributed by atoms with Gasteiger partial charge in [0.05, 0.1) is 12.3 Å². The molecule has 21 heavy (non-hydrogen) atoms. The summed E-state index contributed by atoms with van der Waals surface area (Å²) >= 11 is 1.53. The van der Waals surface area contributed by atoms with Crippen LogP contribution in [-0.4, -0.2) is 43.6 Å². The second kappa shape index (κ2) is 7.41. The highest BCUT2D eigenvalue weighted by Crippen LogP contribution is 2.14. The zero-order chi connectivity index (χ0) is 16.0. The van der Waals surface area contributed by atoms with Crippen molar-refractivity contribution in [1.29, 1.82) is 0 Å². The van der Waals surface area contributed by atoms with Crippen LogP contribution in [0.4, 0.5) is 4.79 Å². The van der Waals surface area contributed by atoms with Gasteiger partial charge in [-0.3, -0.25) is 0 Å². The first kappa shape index (κ1) is 17.4. The molecular weight excluding hydrogens is 316 g/mol. The maximum Gasteiger partial charge on any atom is 0.326 e. The summed E-state index contributed by atoms with van der Waals surface area (Å²) in [6.07, 6.45) is 0.852. The zero-order valence-electron chi connectivity index (χ0n) is 11.8. The van der Waals surface area contributed by atoms with E-state index in [2.05, 4.69) is 10.6 Å². The quantitative estimate of drug-likeness (QED) is 0.681. The summed E-state index contributed by atoms with van der Waals surface area (Å²) in [6, 6.07) is 1.93. The Morgan fingerprint density at radius 3 is 2.52 bits per heavy atom. The second-order valence-electron chi connectivity index (χ2n) is 4.65. The first-order valence-corrected chi connectivity index (χ1v) is 9.05. The minimum absolute atomic E-state index is 0.167. The minimum Gasteiger partial charge on any atom is -0.480 e. The van der Waals surface area contributed by atoms with Gasteiger partial charge in [-0.05, 0) is 25.5 Å². The number of thiophene rings is 1. The summed E-state index contributed by atoms with van der Waals surface area (Å²) in [7, 11) is -3.27. The highest BCUT2D eigenvalue weighted by atomic mass is 32.2. The van der Waals surface area contributed by atoms with Crippen LogP contribution in [0.3, 0.4) is 0 Å². The molecular formula is C12H18N2O5S2. The van der Waals surface area contributed by atoms with E-state index in [-0.39, 0.29) is 12.2 Å². The minimum atomic E-state index is -3.27. The molecule has 1 aromatic rings. The number of rotatable bonds is 7. The van der Waals surface area contributed by atoms with Crippen molar-refractivity contribution < 1.29 is 23.1 Å². The summed E-state index contributed by atoms with van der Waals surface area (Å²) in [6.45, 7) is 2.24. The summed E-state index contributed by atoms with van der Waals surface area (Å²) in [5.74, 6) is -1.56. The molecule has 0 radical (unpaired) electrons. The molecule has 0 aliphatic carbocycles. The number of nitrogens with one attached hydrogen (secondary N) is 2. The molecule has 118 valence electrons. The first-order valence-electron chi connectivity index (χ1n) is 6.17. The van der Waals surface area contributed by atoms with Gasteiger partial charge >= 0.3 is 12.0 Å². The number of hydrogen-bond acceptors (Lipinski definition) is 5. The molecule has 1 heterocycles. The average molecular weight is 334 g/mol. The standard InChI is InChI=1S/C12H18N2O5S2/c1-8-3-4-9(20-8)7-13-12(17)14-10(11(15)16)5-6-21(2,18)19/h3-4,10H,5-7H2,1-2H3,(H,15,16)(H2,13,14,17). The molecule has 7 nitrogen and oxygen atoms in total. The number of carboxylic acids is 1. The second-order valence-corrected chi connectivity index (χ2v) is 8.28. The van der Waals surface area contributed by atoms with Crippen LogP contribution in [-0.2, 0) is 21.2 Å². The Bertz CT molecular complexity index is 609. The largest absolute Gasteiger partial charge is 0.480 e. The van der Waals surface area contributed by atoms with Gasteiger partial charge < -0.3 is 15.7 Å². The van der Waals surface area contributed by atoms with Gasteiger partial charge in [-0.2, -0.15) is 0 Å². The van der Waals surface area contributed by atoms with Gasteiger partial charge in [0.25, 0.3) is 0 Å². The fraction of sp³-hybridized carbons (Fsp3) is 0.500. The number of carbonyl (C=O) groups excluding carboxylic acids is 1. The lowest BCUT2D eigenvalue weighted by atomic mass is 10.2. The van der Waals surface area contributed by atoms with E-state index in [0.717, 1.165) is 16.0 Å². The van der Waals surface area contributed by atoms with Gasteiger partial charge in [0.2, 0.25) is 0 Å². The predicted octanol–water partition coefficient (Wildman–Crippen LogP) is 0.744. The summed E-state index contributed by atoms with van der Waals surface area (Å²) in [5, 5.41) is 13.8. The van der Waals surface area contributed by atoms with Crippen LogP contribution in [0.5, 0.6) is 0 Å². The topological polar surface area (TPSA) is 113 Å². The van der Waals surface area contributed by atoms with Crippen molar-refractivity contribution in [3.63, 3.8) is 0 Å². The van der Waals surface area contributed by atoms with Crippen molar-refractivity contribution in [3.05, 3.63) is 21.9 Å². The summed E-state index contributed by atoms with van der Waals surface area (Å²) in [4.78, 5) is 24.7. The van der Waals surface area contributed by atoms with Crippen LogP contribution in [0.2, 0.25) is 0 Å². The lowest BCUT2D eigenvalue weighted by molar-refractivity contribution is -0.139. The third kappa shape index (κ3) is 7.09. The molecule has 0 aliphatic heterocycles. The number of amides is 2. The molecule has 0 saturated heterocycles. The van der Waals surface area contributed by atoms with Gasteiger partial charge in [0, 0.05) is 16.0 Å². The van der Waals surface area contributed by atoms with Crippen LogP contribution >= 0.6 is 11.3 Å². The Labute approximate surface area is 127 Å². The summed E-state index contributed by atoms with van der Waals surface area (Å²) < 4.78 is 22.1. The van der Waals surface area contributed by atoms with Gasteiger partial charge in [0.1, 0.15) is 15.9 Å². The van der Waals surface area contributed by atoms with Gasteiger partial charge in [0.15, 0.2) is 0 Å². The fourth-order valence-electron chi connectivity index (χ4n) is 1.55. The molecule has 0 aliphatic rings. The van der Waals surface area contributed by atoms with E-state index in [0.29, 0.717) is 6.54 Å². The third-order valence-electron chi connectivity index (χ3n) is 2.60. The molecule has 1 rings (SSSR count). The summed E-state index contributed by atoms with van der Waals surface area (Å²) in [5.41, 5.74) is 0. The molecule has 0 bridgehead atoms. The van der Waals surface area contributed by atoms with Crippen molar-refractivity contribution >= 4 is 33.2 Å². The smallest absolute Gasteiger partial charge is 0.326 e. The molecule has 0 aromatic carbocycles. The van der Waals surface area contributed by atoms with Crippen LogP contribution in [0.15, 0.2) is 12.1 Å². The Morgan fingerprint density at radius 1 is 1.38 bits per heavy atom. The van der Waals surface area contributed by atoms with Crippen LogP contribution in [0.1, 0.15) is 16.2 Å². The lowest BCUT2D eigenvalue weighted by Gasteiger charge is -2.14. The van der Waals surface area contributed by atoms with E-state index in [1.807, 2.05) is 19.1 Å². The maximum atomic E-state index is 11.6. The van der Waals surface area contributed by atoms with Crippen LogP contribution in [0.25, 0.3) is 0 Å². The average Bonchev–Trinajstić information content (AvgIpc) is 2.76. The van der Waals surface area contributed by atoms with Gasteiger partial charge in [-0.15, -0.1) is 11.3 Å². The molecule has 3 N–H and O–H groups in total. The molecule has 0 saturated carbocycles. The van der Waals surface area contributed by atoms with E-state index >= 15 is 0 Å². The number of sulfone groups is 1. The van der Waals surface area contributed by atoms with E-state index in [1.165, 1.54) is 11.3 Å². The molecule has 0 spiro atoms. The predicted molar refractivity (Wildman–Crippen MR) is 80.2 cm³/mol. The molecule has 1 aromatic heterocycles. The monoisotopic (exact) mass is 334 g/mol. The Hall–Kier alpha value is -1.61. The normalized spacial score (nSPS) is 12.7. The molecule has 1 unspecified atom stereocenters. The number of urea groups is 1. The molecule has 2 amide bonds. The Morgan fingerprint density at radius 2 is 2.05 bits per heavy atom. The van der Waals surface area contributed by atoms with Crippen molar-refractivity contribution in [3.8, 4) is 0 Å². The fourth-order valence-corrected chi connectivity index (χ4v) is 3.04. The molecule has 0 fully saturated rings. The third-order valence-corrected chi connectivity index (χ3v) is 4.58. The van der Waals surface area contributed by atoms with E-state index in [4.69, 9.17) is 5.11 Å². The number of carboxylic acid groups (broad SMARTS) is 1. The van der Waals surface area contributed by atoms with Crippen molar-refractivity contribution in [2.75, 3.05) is 12.0 Å². The van der Waals surface area contributed by atoms with Crippen LogP contribution < -0.4 is 10.6 Å². The van der Waals surface area contributed by atoms with Crippen molar-refractivity contribution in [2.24, 2.45) is 0 Å². The number of aliphatic carboxylic acids is 1. The van der Waals surface area contributed by atoms with Gasteiger partial charge in [-0.25, -0.2) is 18.0 Å². The highest BCUT2D eigenvalue weighted by molar-refractivity contribution is 7.90. The Balaban J connectivity index is 2.47. The number of hydrogen-bond donors (Lipinski definition) is 3. The van der Waals surface area contributed by atoms with Crippen molar-refractivity contribution in [1.82, 2.24) is 10.6 Å². The number of carbonyl (C=O) groups is 2. The van der Waals surface area contributed by atoms with E-state index in [9.17, 15) is 18.0 Å². The zero-order valence-corrected chi connectivity index (χ0v) is 13.4. The maximum absolute atomic E-state index is 11.6. The lowest BCUT2D eigenvalue weighted by Crippen LogP contribution is -2.46. The SMILES string of the molecule is Cc1ccc(CNC(=O)NC(CCS(C)(=O)=O)C(=O)O)s1. The van der Waals surface area contributed by atoms with Crippen LogP contribution in [0, 0.1) is 6.92 Å². The van der Waals surface area contributed by atoms with Crippen molar-refractivity contribution in [2.45, 2.75) is 25.9 Å². The van der Waals surface area contributed by atoms with E-state index in [1.54, 1.807) is 0 Å². The number of aryl methyl sites for hydroxylation is 1. The van der Waals surface area contributed by atoms with E-state index < -0.39 is 27.9 Å². The first-order chi connectivity index (χ1) is 9.67. The van der Waals surface area contributed by atoms with Gasteiger partial charge in [-0.1, -0.05) is 0 Å². The molecule has 1 atom stereocenters.